The molecule has 1 aliphatic carbocycles. The van der Waals surface area contributed by atoms with E-state index in [0.717, 1.165) is 11.1 Å². The topological polar surface area (TPSA) is 107 Å². The predicted octanol–water partition coefficient (Wildman–Crippen LogP) is 4.41. The van der Waals surface area contributed by atoms with Crippen molar-refractivity contribution in [2.45, 2.75) is 37.8 Å². The second kappa shape index (κ2) is 9.58. The molecule has 0 bridgehead atoms. The van der Waals surface area contributed by atoms with Crippen molar-refractivity contribution in [3.63, 3.8) is 0 Å². The zero-order chi connectivity index (χ0) is 24.5. The van der Waals surface area contributed by atoms with Crippen molar-refractivity contribution in [1.82, 2.24) is 20.4 Å². The maximum atomic E-state index is 13.2. The molecular weight excluding hydrogens is 472 g/mol. The molecule has 2 aromatic carbocycles. The number of aromatic nitrogens is 2. The highest BCUT2D eigenvalue weighted by molar-refractivity contribution is 6.30. The van der Waals surface area contributed by atoms with Crippen LogP contribution in [-0.4, -0.2) is 47.2 Å². The number of fused-ring (bicyclic) bond motifs is 1. The SMILES string of the molecule is COc1ccc(-c2noc(C3CCC4C(=O)N(Cc5ccc(Cl)cc5)C(=O)NC4C3)n2)cc1OC. The summed E-state index contributed by atoms with van der Waals surface area (Å²) in [6.45, 7) is 0.215. The fourth-order valence-electron chi connectivity index (χ4n) is 4.80. The van der Waals surface area contributed by atoms with Gasteiger partial charge in [0.05, 0.1) is 26.7 Å². The normalized spacial score (nSPS) is 21.9. The maximum absolute atomic E-state index is 13.2. The number of nitrogens with zero attached hydrogens (tertiary/aromatic N) is 3. The van der Waals surface area contributed by atoms with Gasteiger partial charge in [-0.2, -0.15) is 4.98 Å². The summed E-state index contributed by atoms with van der Waals surface area (Å²) in [6, 6.07) is 11.9. The fraction of sp³-hybridized carbons (Fsp3) is 0.360. The Morgan fingerprint density at radius 1 is 1.09 bits per heavy atom. The number of hydrogen-bond acceptors (Lipinski definition) is 7. The number of imide groups is 1. The van der Waals surface area contributed by atoms with Crippen LogP contribution in [0.4, 0.5) is 4.79 Å². The Morgan fingerprint density at radius 3 is 2.60 bits per heavy atom. The lowest BCUT2D eigenvalue weighted by Crippen LogP contribution is -2.60. The van der Waals surface area contributed by atoms with Gasteiger partial charge in [0.1, 0.15) is 0 Å². The van der Waals surface area contributed by atoms with Gasteiger partial charge in [-0.3, -0.25) is 9.69 Å². The highest BCUT2D eigenvalue weighted by Crippen LogP contribution is 2.39. The predicted molar refractivity (Wildman–Crippen MR) is 127 cm³/mol. The fourth-order valence-corrected chi connectivity index (χ4v) is 4.93. The Bertz CT molecular complexity index is 1240. The molecule has 3 unspecified atom stereocenters. The molecule has 2 heterocycles. The van der Waals surface area contributed by atoms with Crippen LogP contribution in [-0.2, 0) is 11.3 Å². The van der Waals surface area contributed by atoms with E-state index in [2.05, 4.69) is 15.5 Å². The number of nitrogens with one attached hydrogen (secondary N) is 1. The van der Waals surface area contributed by atoms with Crippen molar-refractivity contribution in [3.8, 4) is 22.9 Å². The number of amides is 3. The molecule has 1 saturated carbocycles. The molecule has 3 aromatic rings. The summed E-state index contributed by atoms with van der Waals surface area (Å²) >= 11 is 5.94. The van der Waals surface area contributed by atoms with Gasteiger partial charge in [0, 0.05) is 22.5 Å². The van der Waals surface area contributed by atoms with Crippen molar-refractivity contribution >= 4 is 23.5 Å². The standard InChI is InChI=1S/C25H25ClN4O5/c1-33-20-10-6-15(12-21(20)34-2)22-28-23(35-29-22)16-5-9-18-19(11-16)27-25(32)30(24(18)31)13-14-3-7-17(26)8-4-14/h3-4,6-8,10,12,16,18-19H,5,9,11,13H2,1-2H3,(H,27,32). The summed E-state index contributed by atoms with van der Waals surface area (Å²) in [6.07, 6.45) is 1.90. The van der Waals surface area contributed by atoms with Gasteiger partial charge in [-0.15, -0.1) is 0 Å². The summed E-state index contributed by atoms with van der Waals surface area (Å²) < 4.78 is 16.2. The van der Waals surface area contributed by atoms with E-state index >= 15 is 0 Å². The molecule has 1 N–H and O–H groups in total. The third kappa shape index (κ3) is 4.55. The zero-order valence-electron chi connectivity index (χ0n) is 19.4. The summed E-state index contributed by atoms with van der Waals surface area (Å²) in [4.78, 5) is 31.8. The number of ether oxygens (including phenoxy) is 2. The van der Waals surface area contributed by atoms with Gasteiger partial charge in [-0.25, -0.2) is 4.79 Å². The van der Waals surface area contributed by atoms with Crippen molar-refractivity contribution in [1.29, 1.82) is 0 Å². The third-order valence-electron chi connectivity index (χ3n) is 6.67. The summed E-state index contributed by atoms with van der Waals surface area (Å²) in [7, 11) is 3.14. The average molecular weight is 497 g/mol. The number of methoxy groups -OCH3 is 2. The summed E-state index contributed by atoms with van der Waals surface area (Å²) in [5, 5.41) is 7.76. The van der Waals surface area contributed by atoms with E-state index < -0.39 is 0 Å². The van der Waals surface area contributed by atoms with Crippen molar-refractivity contribution < 1.29 is 23.6 Å². The lowest BCUT2D eigenvalue weighted by atomic mass is 9.76. The quantitative estimate of drug-likeness (QED) is 0.538. The first-order valence-electron chi connectivity index (χ1n) is 11.4. The molecule has 9 nitrogen and oxygen atoms in total. The number of hydrogen-bond donors (Lipinski definition) is 1. The van der Waals surface area contributed by atoms with Gasteiger partial charge in [0.15, 0.2) is 11.5 Å². The van der Waals surface area contributed by atoms with Crippen LogP contribution in [0.5, 0.6) is 11.5 Å². The molecule has 3 amide bonds. The molecular formula is C25H25ClN4O5. The van der Waals surface area contributed by atoms with E-state index in [9.17, 15) is 9.59 Å². The van der Waals surface area contributed by atoms with Gasteiger partial charge in [-0.1, -0.05) is 28.9 Å². The van der Waals surface area contributed by atoms with E-state index in [-0.39, 0.29) is 36.4 Å². The molecule has 1 aliphatic heterocycles. The number of carbonyl (C=O) groups excluding carboxylic acids is 2. The minimum absolute atomic E-state index is 0.0476. The van der Waals surface area contributed by atoms with E-state index in [1.165, 1.54) is 4.90 Å². The average Bonchev–Trinajstić information content (AvgIpc) is 3.37. The van der Waals surface area contributed by atoms with Crippen LogP contribution < -0.4 is 14.8 Å². The first-order valence-corrected chi connectivity index (χ1v) is 11.8. The van der Waals surface area contributed by atoms with Gasteiger partial charge in [-0.05, 0) is 55.2 Å². The molecule has 2 aliphatic rings. The molecule has 3 atom stereocenters. The molecule has 0 spiro atoms. The van der Waals surface area contributed by atoms with Crippen LogP contribution >= 0.6 is 11.6 Å². The van der Waals surface area contributed by atoms with Gasteiger partial charge in [0.25, 0.3) is 0 Å². The Balaban J connectivity index is 1.28. The Labute approximate surface area is 207 Å². The molecule has 5 rings (SSSR count). The smallest absolute Gasteiger partial charge is 0.324 e. The highest BCUT2D eigenvalue weighted by Gasteiger charge is 2.45. The number of urea groups is 1. The lowest BCUT2D eigenvalue weighted by Gasteiger charge is -2.41. The Kier molecular flexibility index (Phi) is 6.34. The van der Waals surface area contributed by atoms with Crippen LogP contribution in [0.1, 0.15) is 36.6 Å². The minimum atomic E-state index is -0.386. The monoisotopic (exact) mass is 496 g/mol. The molecule has 0 radical (unpaired) electrons. The first kappa shape index (κ1) is 23.2. The second-order valence-corrected chi connectivity index (χ2v) is 9.19. The summed E-state index contributed by atoms with van der Waals surface area (Å²) in [5.74, 6) is 1.66. The van der Waals surface area contributed by atoms with Gasteiger partial charge < -0.3 is 19.3 Å². The molecule has 2 fully saturated rings. The first-order chi connectivity index (χ1) is 17.0. The Morgan fingerprint density at radius 2 is 1.86 bits per heavy atom. The van der Waals surface area contributed by atoms with Gasteiger partial charge in [0.2, 0.25) is 17.6 Å². The summed E-state index contributed by atoms with van der Waals surface area (Å²) in [5.41, 5.74) is 1.59. The zero-order valence-corrected chi connectivity index (χ0v) is 20.1. The van der Waals surface area contributed by atoms with E-state index in [1.54, 1.807) is 38.5 Å². The number of rotatable bonds is 6. The van der Waals surface area contributed by atoms with E-state index in [1.807, 2.05) is 18.2 Å². The van der Waals surface area contributed by atoms with Crippen LogP contribution in [0, 0.1) is 5.92 Å². The van der Waals surface area contributed by atoms with Crippen LogP contribution in [0.15, 0.2) is 47.0 Å². The molecule has 10 heteroatoms. The number of halogens is 1. The minimum Gasteiger partial charge on any atom is -0.493 e. The highest BCUT2D eigenvalue weighted by atomic mass is 35.5. The lowest BCUT2D eigenvalue weighted by molar-refractivity contribution is -0.137. The van der Waals surface area contributed by atoms with Crippen LogP contribution in [0.2, 0.25) is 5.02 Å². The third-order valence-corrected chi connectivity index (χ3v) is 6.93. The van der Waals surface area contributed by atoms with Crippen molar-refractivity contribution in [2.24, 2.45) is 5.92 Å². The number of benzene rings is 2. The van der Waals surface area contributed by atoms with Crippen molar-refractivity contribution in [3.05, 3.63) is 58.9 Å². The van der Waals surface area contributed by atoms with E-state index in [0.29, 0.717) is 47.5 Å². The molecule has 1 aromatic heterocycles. The van der Waals surface area contributed by atoms with Gasteiger partial charge >= 0.3 is 6.03 Å². The number of carbonyl (C=O) groups is 2. The largest absolute Gasteiger partial charge is 0.493 e. The second-order valence-electron chi connectivity index (χ2n) is 8.75. The molecule has 182 valence electrons. The van der Waals surface area contributed by atoms with Crippen LogP contribution in [0.3, 0.4) is 0 Å². The molecule has 1 saturated heterocycles. The van der Waals surface area contributed by atoms with Crippen LogP contribution in [0.25, 0.3) is 11.4 Å². The van der Waals surface area contributed by atoms with Crippen molar-refractivity contribution in [2.75, 3.05) is 14.2 Å². The van der Waals surface area contributed by atoms with E-state index in [4.69, 9.17) is 25.6 Å². The maximum Gasteiger partial charge on any atom is 0.324 e. The Hall–Kier alpha value is -3.59. The molecule has 35 heavy (non-hydrogen) atoms.